The van der Waals surface area contributed by atoms with E-state index in [1.165, 1.54) is 25.9 Å². The largest absolute Gasteiger partial charge is 0.496 e. The number of carbonyl (C=O) groups excluding carboxylic acids is 1. The highest BCUT2D eigenvalue weighted by Gasteiger charge is 2.27. The number of methoxy groups -OCH3 is 4. The fourth-order valence-electron chi connectivity index (χ4n) is 4.22. The SMILES string of the molecule is COC(=O)c1c(-c2cc(OC)c(Br)c(OC)c2)c2cc(OC)c(C)cc2c(=O)n1-c1ccc(N)cc1. The molecule has 0 aliphatic carbocycles. The molecule has 0 radical (unpaired) electrons. The minimum atomic E-state index is -0.693. The topological polar surface area (TPSA) is 102 Å². The lowest BCUT2D eigenvalue weighted by molar-refractivity contribution is 0.0591. The van der Waals surface area contributed by atoms with Crippen molar-refractivity contribution in [2.45, 2.75) is 6.92 Å². The highest BCUT2D eigenvalue weighted by molar-refractivity contribution is 9.10. The molecule has 1 heterocycles. The van der Waals surface area contributed by atoms with Crippen LogP contribution in [0.1, 0.15) is 16.1 Å². The minimum absolute atomic E-state index is 0.0390. The van der Waals surface area contributed by atoms with Crippen LogP contribution in [0.4, 0.5) is 5.69 Å². The van der Waals surface area contributed by atoms with Crippen LogP contribution in [0.5, 0.6) is 17.2 Å². The van der Waals surface area contributed by atoms with Gasteiger partial charge in [0.1, 0.15) is 27.4 Å². The van der Waals surface area contributed by atoms with Crippen LogP contribution in [-0.4, -0.2) is 39.0 Å². The fraction of sp³-hybridized carbons (Fsp3) is 0.185. The number of nitrogens with zero attached hydrogens (tertiary/aromatic N) is 1. The second-order valence-corrected chi connectivity index (χ2v) is 8.80. The van der Waals surface area contributed by atoms with Crippen molar-refractivity contribution in [3.05, 3.63) is 74.6 Å². The summed E-state index contributed by atoms with van der Waals surface area (Å²) >= 11 is 3.49. The van der Waals surface area contributed by atoms with Crippen molar-refractivity contribution in [1.82, 2.24) is 4.57 Å². The number of hydrogen-bond acceptors (Lipinski definition) is 7. The number of pyridine rings is 1. The van der Waals surface area contributed by atoms with Crippen LogP contribution in [0.25, 0.3) is 27.6 Å². The molecule has 0 aliphatic rings. The van der Waals surface area contributed by atoms with Crippen molar-refractivity contribution in [3.8, 4) is 34.1 Å². The van der Waals surface area contributed by atoms with Crippen molar-refractivity contribution in [3.63, 3.8) is 0 Å². The first kappa shape index (κ1) is 25.1. The van der Waals surface area contributed by atoms with Gasteiger partial charge in [-0.2, -0.15) is 0 Å². The van der Waals surface area contributed by atoms with Gasteiger partial charge in [-0.3, -0.25) is 9.36 Å². The monoisotopic (exact) mass is 552 g/mol. The molecule has 0 fully saturated rings. The first-order valence-corrected chi connectivity index (χ1v) is 11.7. The number of carbonyl (C=O) groups is 1. The Hall–Kier alpha value is -3.98. The summed E-state index contributed by atoms with van der Waals surface area (Å²) in [5.41, 5.74) is 8.32. The number of rotatable bonds is 6. The van der Waals surface area contributed by atoms with Crippen molar-refractivity contribution in [2.75, 3.05) is 34.2 Å². The molecule has 4 aromatic rings. The molecular formula is C27H25BrN2O6. The molecule has 0 aliphatic heterocycles. The van der Waals surface area contributed by atoms with Gasteiger partial charge >= 0.3 is 5.97 Å². The number of nitrogen functional groups attached to an aromatic ring is 1. The number of benzene rings is 3. The van der Waals surface area contributed by atoms with Crippen molar-refractivity contribution < 1.29 is 23.7 Å². The number of nitrogens with two attached hydrogens (primary N) is 1. The second kappa shape index (κ2) is 9.94. The van der Waals surface area contributed by atoms with Gasteiger partial charge in [-0.05, 0) is 82.5 Å². The lowest BCUT2D eigenvalue weighted by Crippen LogP contribution is -2.27. The zero-order valence-electron chi connectivity index (χ0n) is 20.5. The molecule has 4 rings (SSSR count). The first-order chi connectivity index (χ1) is 17.2. The molecule has 3 aromatic carbocycles. The van der Waals surface area contributed by atoms with E-state index in [1.54, 1.807) is 55.6 Å². The van der Waals surface area contributed by atoms with Gasteiger partial charge in [0, 0.05) is 27.7 Å². The van der Waals surface area contributed by atoms with Gasteiger partial charge in [0.05, 0.1) is 28.4 Å². The van der Waals surface area contributed by atoms with Crippen LogP contribution < -0.4 is 25.5 Å². The highest BCUT2D eigenvalue weighted by atomic mass is 79.9. The number of aryl methyl sites for hydroxylation is 1. The van der Waals surface area contributed by atoms with E-state index in [0.29, 0.717) is 55.0 Å². The van der Waals surface area contributed by atoms with Gasteiger partial charge < -0.3 is 24.7 Å². The number of aromatic nitrogens is 1. The van der Waals surface area contributed by atoms with E-state index in [4.69, 9.17) is 24.7 Å². The zero-order chi connectivity index (χ0) is 26.1. The predicted molar refractivity (Wildman–Crippen MR) is 143 cm³/mol. The van der Waals surface area contributed by atoms with Crippen LogP contribution in [0, 0.1) is 6.92 Å². The third-order valence-electron chi connectivity index (χ3n) is 5.96. The molecule has 1 aromatic heterocycles. The lowest BCUT2D eigenvalue weighted by Gasteiger charge is -2.21. The second-order valence-electron chi connectivity index (χ2n) is 8.01. The molecule has 8 nitrogen and oxygen atoms in total. The van der Waals surface area contributed by atoms with Gasteiger partial charge in [-0.15, -0.1) is 0 Å². The number of hydrogen-bond donors (Lipinski definition) is 1. The first-order valence-electron chi connectivity index (χ1n) is 10.9. The number of fused-ring (bicyclic) bond motifs is 1. The Morgan fingerprint density at radius 1 is 0.861 bits per heavy atom. The van der Waals surface area contributed by atoms with E-state index in [1.807, 2.05) is 6.92 Å². The third-order valence-corrected chi connectivity index (χ3v) is 6.74. The Bertz CT molecular complexity index is 1520. The average Bonchev–Trinajstić information content (AvgIpc) is 2.89. The minimum Gasteiger partial charge on any atom is -0.496 e. The molecule has 0 saturated carbocycles. The molecule has 0 unspecified atom stereocenters. The van der Waals surface area contributed by atoms with E-state index >= 15 is 0 Å². The summed E-state index contributed by atoms with van der Waals surface area (Å²) in [7, 11) is 5.89. The Morgan fingerprint density at radius 2 is 1.44 bits per heavy atom. The standard InChI is InChI=1S/C27H25BrN2O6/c1-14-10-19-18(13-20(14)33-2)23(15-11-21(34-3)24(28)22(12-15)35-4)25(27(32)36-5)30(26(19)31)17-8-6-16(29)7-9-17/h6-13H,29H2,1-5H3. The maximum Gasteiger partial charge on any atom is 0.355 e. The van der Waals surface area contributed by atoms with Crippen LogP contribution in [0.3, 0.4) is 0 Å². The summed E-state index contributed by atoms with van der Waals surface area (Å²) in [5, 5.41) is 0.912. The maximum atomic E-state index is 13.9. The fourth-order valence-corrected chi connectivity index (χ4v) is 4.77. The van der Waals surface area contributed by atoms with Crippen LogP contribution in [-0.2, 0) is 4.74 Å². The van der Waals surface area contributed by atoms with Gasteiger partial charge in [-0.1, -0.05) is 0 Å². The molecule has 186 valence electrons. The molecule has 0 spiro atoms. The molecule has 0 amide bonds. The average molecular weight is 553 g/mol. The van der Waals surface area contributed by atoms with E-state index in [-0.39, 0.29) is 11.3 Å². The predicted octanol–water partition coefficient (Wildman–Crippen LogP) is 5.12. The van der Waals surface area contributed by atoms with Crippen LogP contribution in [0.2, 0.25) is 0 Å². The zero-order valence-corrected chi connectivity index (χ0v) is 22.1. The Morgan fingerprint density at radius 3 is 1.97 bits per heavy atom. The summed E-state index contributed by atoms with van der Waals surface area (Å²) < 4.78 is 23.8. The quantitative estimate of drug-likeness (QED) is 0.261. The summed E-state index contributed by atoms with van der Waals surface area (Å²) in [5.74, 6) is 0.844. The molecular weight excluding hydrogens is 528 g/mol. The maximum absolute atomic E-state index is 13.9. The van der Waals surface area contributed by atoms with Gasteiger partial charge in [0.15, 0.2) is 0 Å². The molecule has 0 saturated heterocycles. The number of ether oxygens (including phenoxy) is 4. The summed E-state index contributed by atoms with van der Waals surface area (Å²) in [6.07, 6.45) is 0. The molecule has 2 N–H and O–H groups in total. The third kappa shape index (κ3) is 4.15. The van der Waals surface area contributed by atoms with Crippen molar-refractivity contribution >= 4 is 38.4 Å². The lowest BCUT2D eigenvalue weighted by atomic mass is 9.94. The molecule has 9 heteroatoms. The number of esters is 1. The Balaban J connectivity index is 2.29. The molecule has 0 atom stereocenters. The smallest absolute Gasteiger partial charge is 0.355 e. The normalized spacial score (nSPS) is 10.8. The van der Waals surface area contributed by atoms with E-state index in [9.17, 15) is 9.59 Å². The van der Waals surface area contributed by atoms with Crippen molar-refractivity contribution in [1.29, 1.82) is 0 Å². The Kier molecular flexibility index (Phi) is 6.94. The molecule has 0 bridgehead atoms. The van der Waals surface area contributed by atoms with Crippen molar-refractivity contribution in [2.24, 2.45) is 0 Å². The number of anilines is 1. The summed E-state index contributed by atoms with van der Waals surface area (Å²) in [4.78, 5) is 27.3. The Labute approximate surface area is 216 Å². The number of halogens is 1. The summed E-state index contributed by atoms with van der Waals surface area (Å²) in [6, 6.07) is 13.7. The van der Waals surface area contributed by atoms with Gasteiger partial charge in [0.25, 0.3) is 5.56 Å². The van der Waals surface area contributed by atoms with Gasteiger partial charge in [0.2, 0.25) is 0 Å². The van der Waals surface area contributed by atoms with E-state index in [2.05, 4.69) is 15.9 Å². The molecule has 36 heavy (non-hydrogen) atoms. The highest BCUT2D eigenvalue weighted by Crippen LogP contribution is 2.42. The van der Waals surface area contributed by atoms with Gasteiger partial charge in [-0.25, -0.2) is 4.79 Å². The van der Waals surface area contributed by atoms with E-state index < -0.39 is 5.97 Å². The van der Waals surface area contributed by atoms with Crippen LogP contribution >= 0.6 is 15.9 Å². The van der Waals surface area contributed by atoms with Crippen LogP contribution in [0.15, 0.2) is 57.8 Å². The summed E-state index contributed by atoms with van der Waals surface area (Å²) in [6.45, 7) is 1.85. The van der Waals surface area contributed by atoms with E-state index in [0.717, 1.165) is 5.56 Å².